The van der Waals surface area contributed by atoms with Gasteiger partial charge in [-0.15, -0.1) is 0 Å². The minimum atomic E-state index is -1.26. The molecule has 0 saturated carbocycles. The second-order valence-corrected chi connectivity index (χ2v) is 2.69. The van der Waals surface area contributed by atoms with Crippen molar-refractivity contribution in [2.24, 2.45) is 0 Å². The van der Waals surface area contributed by atoms with Crippen LogP contribution in [0.3, 0.4) is 0 Å². The first kappa shape index (κ1) is 10.5. The van der Waals surface area contributed by atoms with Gasteiger partial charge in [-0.1, -0.05) is 24.3 Å². The summed E-state index contributed by atoms with van der Waals surface area (Å²) in [5.41, 5.74) is 0.622. The third-order valence-corrected chi connectivity index (χ3v) is 1.70. The molecule has 0 radical (unpaired) electrons. The third kappa shape index (κ3) is 2.68. The number of benzene rings is 1. The molecule has 0 unspecified atom stereocenters. The van der Waals surface area contributed by atoms with E-state index < -0.39 is 5.97 Å². The standard InChI is InChI=1S/C11H6N2O2/c12-6-9(7-13)5-8-1-3-10(4-2-8)11(14)15/h1-5H,(H,14,15)/p-1. The fraction of sp³-hybridized carbons (Fsp3) is 0. The Bertz CT molecular complexity index is 471. The van der Waals surface area contributed by atoms with Crippen LogP contribution < -0.4 is 5.11 Å². The van der Waals surface area contributed by atoms with E-state index in [2.05, 4.69) is 0 Å². The Labute approximate surface area is 86.3 Å². The molecule has 0 aliphatic heterocycles. The first-order valence-corrected chi connectivity index (χ1v) is 4.00. The fourth-order valence-electron chi connectivity index (χ4n) is 0.972. The Morgan fingerprint density at radius 1 is 1.20 bits per heavy atom. The summed E-state index contributed by atoms with van der Waals surface area (Å²) >= 11 is 0. The molecular weight excluding hydrogens is 192 g/mol. The highest BCUT2D eigenvalue weighted by Gasteiger charge is 1.95. The number of carbonyl (C=O) groups is 1. The van der Waals surface area contributed by atoms with Gasteiger partial charge in [-0.3, -0.25) is 0 Å². The summed E-state index contributed by atoms with van der Waals surface area (Å²) in [6, 6.07) is 9.13. The maximum Gasteiger partial charge on any atom is 0.130 e. The molecule has 15 heavy (non-hydrogen) atoms. The quantitative estimate of drug-likeness (QED) is 0.645. The lowest BCUT2D eigenvalue weighted by atomic mass is 10.1. The van der Waals surface area contributed by atoms with Crippen molar-refractivity contribution in [1.29, 1.82) is 10.5 Å². The fourth-order valence-corrected chi connectivity index (χ4v) is 0.972. The number of nitriles is 2. The largest absolute Gasteiger partial charge is 0.545 e. The van der Waals surface area contributed by atoms with Crippen LogP contribution in [0.25, 0.3) is 6.08 Å². The lowest BCUT2D eigenvalue weighted by molar-refractivity contribution is -0.255. The zero-order chi connectivity index (χ0) is 11.3. The van der Waals surface area contributed by atoms with Crippen LogP contribution in [-0.2, 0) is 0 Å². The Hall–Kier alpha value is -2.59. The van der Waals surface area contributed by atoms with Gasteiger partial charge in [0, 0.05) is 0 Å². The van der Waals surface area contributed by atoms with Gasteiger partial charge in [-0.2, -0.15) is 10.5 Å². The minimum absolute atomic E-state index is 0.0313. The zero-order valence-electron chi connectivity index (χ0n) is 7.60. The highest BCUT2D eigenvalue weighted by molar-refractivity contribution is 5.86. The van der Waals surface area contributed by atoms with E-state index in [1.54, 1.807) is 12.1 Å². The molecule has 4 heteroatoms. The second-order valence-electron chi connectivity index (χ2n) is 2.69. The summed E-state index contributed by atoms with van der Waals surface area (Å²) in [6.07, 6.45) is 1.37. The van der Waals surface area contributed by atoms with Crippen molar-refractivity contribution in [3.63, 3.8) is 0 Å². The molecule has 0 aliphatic rings. The van der Waals surface area contributed by atoms with E-state index in [4.69, 9.17) is 10.5 Å². The van der Waals surface area contributed by atoms with E-state index >= 15 is 0 Å². The molecule has 4 nitrogen and oxygen atoms in total. The number of hydrogen-bond acceptors (Lipinski definition) is 4. The predicted molar refractivity (Wildman–Crippen MR) is 50.0 cm³/mol. The summed E-state index contributed by atoms with van der Waals surface area (Å²) in [5.74, 6) is -1.26. The number of hydrogen-bond donors (Lipinski definition) is 0. The van der Waals surface area contributed by atoms with E-state index in [0.717, 1.165) is 0 Å². The van der Waals surface area contributed by atoms with E-state index in [9.17, 15) is 9.90 Å². The number of allylic oxidation sites excluding steroid dienone is 1. The molecule has 1 aromatic rings. The van der Waals surface area contributed by atoms with Crippen molar-refractivity contribution in [3.05, 3.63) is 41.0 Å². The number of carboxylic acid groups (broad SMARTS) is 1. The SMILES string of the molecule is N#CC(C#N)=Cc1ccc(C(=O)[O-])cc1. The van der Waals surface area contributed by atoms with Crippen molar-refractivity contribution in [2.45, 2.75) is 0 Å². The van der Waals surface area contributed by atoms with E-state index in [0.29, 0.717) is 5.56 Å². The summed E-state index contributed by atoms with van der Waals surface area (Å²) in [6.45, 7) is 0. The van der Waals surface area contributed by atoms with Crippen LogP contribution in [0.4, 0.5) is 0 Å². The van der Waals surface area contributed by atoms with Gasteiger partial charge in [-0.25, -0.2) is 0 Å². The van der Waals surface area contributed by atoms with E-state index in [1.165, 1.54) is 30.3 Å². The lowest BCUT2D eigenvalue weighted by Gasteiger charge is -2.01. The number of aromatic carboxylic acids is 1. The molecule has 0 atom stereocenters. The van der Waals surface area contributed by atoms with Crippen LogP contribution in [0, 0.1) is 22.7 Å². The van der Waals surface area contributed by atoms with Crippen LogP contribution in [0.15, 0.2) is 29.8 Å². The highest BCUT2D eigenvalue weighted by atomic mass is 16.4. The van der Waals surface area contributed by atoms with Crippen molar-refractivity contribution in [3.8, 4) is 12.1 Å². The van der Waals surface area contributed by atoms with Crippen molar-refractivity contribution in [2.75, 3.05) is 0 Å². The number of rotatable bonds is 2. The number of nitrogens with zero attached hydrogens (tertiary/aromatic N) is 2. The van der Waals surface area contributed by atoms with Crippen LogP contribution >= 0.6 is 0 Å². The summed E-state index contributed by atoms with van der Waals surface area (Å²) in [5, 5.41) is 27.4. The lowest BCUT2D eigenvalue weighted by Crippen LogP contribution is -2.21. The predicted octanol–water partition coefficient (Wildman–Crippen LogP) is 0.481. The molecule has 0 bridgehead atoms. The van der Waals surface area contributed by atoms with Crippen molar-refractivity contribution < 1.29 is 9.90 Å². The zero-order valence-corrected chi connectivity index (χ0v) is 7.60. The molecule has 0 amide bonds. The van der Waals surface area contributed by atoms with Gasteiger partial charge < -0.3 is 9.90 Å². The Morgan fingerprint density at radius 3 is 2.13 bits per heavy atom. The smallest absolute Gasteiger partial charge is 0.130 e. The van der Waals surface area contributed by atoms with Crippen LogP contribution in [0.5, 0.6) is 0 Å². The van der Waals surface area contributed by atoms with Gasteiger partial charge in [0.05, 0.1) is 5.97 Å². The topological polar surface area (TPSA) is 87.7 Å². The third-order valence-electron chi connectivity index (χ3n) is 1.70. The van der Waals surface area contributed by atoms with Crippen LogP contribution in [0.2, 0.25) is 0 Å². The van der Waals surface area contributed by atoms with Gasteiger partial charge in [0.1, 0.15) is 17.7 Å². The second kappa shape index (κ2) is 4.59. The van der Waals surface area contributed by atoms with Gasteiger partial charge >= 0.3 is 0 Å². The average molecular weight is 197 g/mol. The molecule has 0 heterocycles. The normalized spacial score (nSPS) is 8.40. The summed E-state index contributed by atoms with van der Waals surface area (Å²) < 4.78 is 0. The van der Waals surface area contributed by atoms with Gasteiger partial charge in [0.2, 0.25) is 0 Å². The maximum absolute atomic E-state index is 10.4. The molecule has 0 fully saturated rings. The van der Waals surface area contributed by atoms with Crippen LogP contribution in [-0.4, -0.2) is 5.97 Å². The van der Waals surface area contributed by atoms with E-state index in [-0.39, 0.29) is 11.1 Å². The molecule has 1 rings (SSSR count). The number of carbonyl (C=O) groups excluding carboxylic acids is 1. The molecule has 0 aliphatic carbocycles. The summed E-state index contributed by atoms with van der Waals surface area (Å²) in [4.78, 5) is 10.4. The Morgan fingerprint density at radius 2 is 1.73 bits per heavy atom. The van der Waals surface area contributed by atoms with Gasteiger partial charge in [-0.05, 0) is 17.2 Å². The average Bonchev–Trinajstić information content (AvgIpc) is 2.26. The molecule has 72 valence electrons. The Balaban J connectivity index is 3.02. The highest BCUT2D eigenvalue weighted by Crippen LogP contribution is 2.08. The maximum atomic E-state index is 10.4. The summed E-state index contributed by atoms with van der Waals surface area (Å²) in [7, 11) is 0. The van der Waals surface area contributed by atoms with Gasteiger partial charge in [0.25, 0.3) is 0 Å². The molecule has 0 saturated heterocycles. The molecule has 0 N–H and O–H groups in total. The van der Waals surface area contributed by atoms with E-state index in [1.807, 2.05) is 0 Å². The molecular formula is C11H5N2O2-. The molecule has 0 spiro atoms. The first-order chi connectivity index (χ1) is 7.17. The number of carboxylic acids is 1. The van der Waals surface area contributed by atoms with Gasteiger partial charge in [0.15, 0.2) is 0 Å². The molecule has 0 aromatic heterocycles. The van der Waals surface area contributed by atoms with Crippen molar-refractivity contribution in [1.82, 2.24) is 0 Å². The van der Waals surface area contributed by atoms with Crippen LogP contribution in [0.1, 0.15) is 15.9 Å². The first-order valence-electron chi connectivity index (χ1n) is 4.00. The monoisotopic (exact) mass is 197 g/mol. The molecule has 1 aromatic carbocycles. The van der Waals surface area contributed by atoms with Crippen molar-refractivity contribution >= 4 is 12.0 Å². The Kier molecular flexibility index (Phi) is 3.21. The minimum Gasteiger partial charge on any atom is -0.545 e.